The molecule has 156 valence electrons. The fourth-order valence-electron chi connectivity index (χ4n) is 3.23. The minimum absolute atomic E-state index is 0.0325. The fourth-order valence-corrected chi connectivity index (χ4v) is 3.74. The number of phenols is 1. The van der Waals surface area contributed by atoms with Gasteiger partial charge < -0.3 is 20.0 Å². The van der Waals surface area contributed by atoms with Crippen LogP contribution < -0.4 is 15.6 Å². The Hall–Kier alpha value is -4.07. The molecule has 4 rings (SSSR count). The fraction of sp³-hybridized carbons (Fsp3) is 0.0476. The van der Waals surface area contributed by atoms with Crippen molar-refractivity contribution in [3.05, 3.63) is 83.1 Å². The van der Waals surface area contributed by atoms with E-state index in [-0.39, 0.29) is 22.1 Å². The molecule has 3 aromatic rings. The minimum Gasteiger partial charge on any atom is -0.507 e. The van der Waals surface area contributed by atoms with E-state index < -0.39 is 15.9 Å². The average Bonchev–Trinajstić information content (AvgIpc) is 3.25. The quantitative estimate of drug-likeness (QED) is 0.529. The molecule has 2 heterocycles. The molecule has 0 fully saturated rings. The predicted octanol–water partition coefficient (Wildman–Crippen LogP) is 2.60. The topological polar surface area (TPSA) is 165 Å². The van der Waals surface area contributed by atoms with Crippen LogP contribution in [0.1, 0.15) is 22.8 Å². The lowest BCUT2D eigenvalue weighted by Gasteiger charge is -2.25. The molecular formula is C21H16N4O5S. The Morgan fingerprint density at radius 3 is 2.55 bits per heavy atom. The summed E-state index contributed by atoms with van der Waals surface area (Å²) in [6, 6.07) is 14.1. The number of primary sulfonamides is 1. The van der Waals surface area contributed by atoms with Crippen molar-refractivity contribution in [2.45, 2.75) is 10.8 Å². The first kappa shape index (κ1) is 20.2. The van der Waals surface area contributed by atoms with E-state index in [0.29, 0.717) is 28.3 Å². The van der Waals surface area contributed by atoms with Crippen LogP contribution in [0.2, 0.25) is 0 Å². The van der Waals surface area contributed by atoms with Crippen molar-refractivity contribution in [2.75, 3.05) is 0 Å². The SMILES string of the molecule is N#CC1=C(N)Oc2cc(O)c(C=Nc3ccc(S(N)(=O)=O)cc3)cc2[C@H]1c1ccco1. The summed E-state index contributed by atoms with van der Waals surface area (Å²) in [5.41, 5.74) is 7.47. The lowest BCUT2D eigenvalue weighted by molar-refractivity contribution is 0.379. The van der Waals surface area contributed by atoms with Crippen LogP contribution >= 0.6 is 0 Å². The zero-order chi connectivity index (χ0) is 22.2. The first-order chi connectivity index (χ1) is 14.8. The number of hydrogen-bond acceptors (Lipinski definition) is 8. The number of aromatic hydroxyl groups is 1. The highest BCUT2D eigenvalue weighted by atomic mass is 32.2. The van der Waals surface area contributed by atoms with Gasteiger partial charge in [-0.25, -0.2) is 13.6 Å². The van der Waals surface area contributed by atoms with E-state index in [9.17, 15) is 18.8 Å². The Kier molecular flexibility index (Phi) is 4.98. The maximum absolute atomic E-state index is 11.4. The van der Waals surface area contributed by atoms with E-state index in [0.717, 1.165) is 0 Å². The first-order valence-electron chi connectivity index (χ1n) is 8.93. The van der Waals surface area contributed by atoms with Crippen LogP contribution in [0.5, 0.6) is 11.5 Å². The first-order valence-corrected chi connectivity index (χ1v) is 10.5. The van der Waals surface area contributed by atoms with Gasteiger partial charge in [0.2, 0.25) is 15.9 Å². The van der Waals surface area contributed by atoms with Gasteiger partial charge in [0.15, 0.2) is 0 Å². The molecular weight excluding hydrogens is 420 g/mol. The van der Waals surface area contributed by atoms with Crippen molar-refractivity contribution in [3.63, 3.8) is 0 Å². The zero-order valence-corrected chi connectivity index (χ0v) is 16.7. The molecule has 1 aliphatic rings. The van der Waals surface area contributed by atoms with Crippen molar-refractivity contribution in [3.8, 4) is 17.6 Å². The number of nitrogens with two attached hydrogens (primary N) is 2. The summed E-state index contributed by atoms with van der Waals surface area (Å²) in [6.07, 6.45) is 2.90. The van der Waals surface area contributed by atoms with Crippen molar-refractivity contribution in [2.24, 2.45) is 15.9 Å². The molecule has 5 N–H and O–H groups in total. The Labute approximate surface area is 177 Å². The number of furan rings is 1. The number of ether oxygens (including phenoxy) is 1. The smallest absolute Gasteiger partial charge is 0.238 e. The van der Waals surface area contributed by atoms with Gasteiger partial charge in [-0.3, -0.25) is 4.99 Å². The van der Waals surface area contributed by atoms with E-state index in [2.05, 4.69) is 11.1 Å². The number of benzene rings is 2. The number of sulfonamides is 1. The largest absolute Gasteiger partial charge is 0.507 e. The van der Waals surface area contributed by atoms with Gasteiger partial charge in [0.05, 0.1) is 22.8 Å². The lowest BCUT2D eigenvalue weighted by Crippen LogP contribution is -2.21. The summed E-state index contributed by atoms with van der Waals surface area (Å²) in [6.45, 7) is 0. The molecule has 0 unspecified atom stereocenters. The second-order valence-electron chi connectivity index (χ2n) is 6.69. The summed E-state index contributed by atoms with van der Waals surface area (Å²) in [5.74, 6) is 0.00836. The number of allylic oxidation sites excluding steroid dienone is 1. The molecule has 1 atom stereocenters. The molecule has 0 saturated heterocycles. The summed E-state index contributed by atoms with van der Waals surface area (Å²) in [4.78, 5) is 4.23. The molecule has 31 heavy (non-hydrogen) atoms. The Morgan fingerprint density at radius 2 is 1.94 bits per heavy atom. The summed E-state index contributed by atoms with van der Waals surface area (Å²) in [7, 11) is -3.80. The van der Waals surface area contributed by atoms with E-state index in [1.165, 1.54) is 42.8 Å². The van der Waals surface area contributed by atoms with E-state index in [1.807, 2.05) is 0 Å². The second-order valence-corrected chi connectivity index (χ2v) is 8.25. The highest BCUT2D eigenvalue weighted by Gasteiger charge is 2.33. The molecule has 2 aromatic carbocycles. The van der Waals surface area contributed by atoms with Crippen molar-refractivity contribution < 1.29 is 22.7 Å². The maximum atomic E-state index is 11.4. The lowest BCUT2D eigenvalue weighted by atomic mass is 9.86. The molecule has 9 nitrogen and oxygen atoms in total. The van der Waals surface area contributed by atoms with Gasteiger partial charge in [0.1, 0.15) is 28.9 Å². The van der Waals surface area contributed by atoms with E-state index >= 15 is 0 Å². The summed E-state index contributed by atoms with van der Waals surface area (Å²) in [5, 5.41) is 25.1. The van der Waals surface area contributed by atoms with Crippen LogP contribution in [0, 0.1) is 11.3 Å². The number of aliphatic imine (C=N–C) groups is 1. The van der Waals surface area contributed by atoms with Gasteiger partial charge in [-0.1, -0.05) is 0 Å². The Morgan fingerprint density at radius 1 is 1.19 bits per heavy atom. The highest BCUT2D eigenvalue weighted by Crippen LogP contribution is 2.44. The number of nitrogens with zero attached hydrogens (tertiary/aromatic N) is 2. The van der Waals surface area contributed by atoms with Gasteiger partial charge in [-0.15, -0.1) is 0 Å². The Balaban J connectivity index is 1.74. The van der Waals surface area contributed by atoms with Gasteiger partial charge in [0, 0.05) is 23.4 Å². The zero-order valence-electron chi connectivity index (χ0n) is 15.9. The van der Waals surface area contributed by atoms with Gasteiger partial charge in [-0.05, 0) is 42.5 Å². The number of phenolic OH excluding ortho intramolecular Hbond substituents is 1. The minimum atomic E-state index is -3.80. The molecule has 0 aliphatic carbocycles. The van der Waals surface area contributed by atoms with Crippen molar-refractivity contribution >= 4 is 21.9 Å². The standard InChI is InChI=1S/C21H16N4O5S/c22-10-16-20(18-2-1-7-29-18)15-8-12(17(26)9-19(15)30-21(16)23)11-25-13-3-5-14(6-4-13)31(24,27)28/h1-9,11,20,26H,23H2,(H2,24,27,28)/t20-/m1/s1. The molecule has 0 bridgehead atoms. The van der Waals surface area contributed by atoms with Gasteiger partial charge in [-0.2, -0.15) is 5.26 Å². The molecule has 0 saturated carbocycles. The average molecular weight is 436 g/mol. The van der Waals surface area contributed by atoms with Crippen LogP contribution in [0.25, 0.3) is 0 Å². The van der Waals surface area contributed by atoms with Gasteiger partial charge >= 0.3 is 0 Å². The maximum Gasteiger partial charge on any atom is 0.238 e. The molecule has 0 amide bonds. The van der Waals surface area contributed by atoms with E-state index in [4.69, 9.17) is 20.0 Å². The van der Waals surface area contributed by atoms with Crippen LogP contribution in [-0.4, -0.2) is 19.7 Å². The number of fused-ring (bicyclic) bond motifs is 1. The van der Waals surface area contributed by atoms with Crippen LogP contribution in [-0.2, 0) is 10.0 Å². The molecule has 1 aliphatic heterocycles. The van der Waals surface area contributed by atoms with Crippen molar-refractivity contribution in [1.82, 2.24) is 0 Å². The van der Waals surface area contributed by atoms with Crippen LogP contribution in [0.4, 0.5) is 5.69 Å². The highest BCUT2D eigenvalue weighted by molar-refractivity contribution is 7.89. The summed E-state index contributed by atoms with van der Waals surface area (Å²) >= 11 is 0. The third-order valence-corrected chi connectivity index (χ3v) is 5.64. The third-order valence-electron chi connectivity index (χ3n) is 4.71. The number of rotatable bonds is 4. The molecule has 10 heteroatoms. The molecule has 0 spiro atoms. The third kappa shape index (κ3) is 3.87. The number of nitriles is 1. The Bertz CT molecular complexity index is 1350. The number of hydrogen-bond donors (Lipinski definition) is 3. The predicted molar refractivity (Wildman–Crippen MR) is 111 cm³/mol. The summed E-state index contributed by atoms with van der Waals surface area (Å²) < 4.78 is 33.7. The van der Waals surface area contributed by atoms with Gasteiger partial charge in [0.25, 0.3) is 0 Å². The monoisotopic (exact) mass is 436 g/mol. The second kappa shape index (κ2) is 7.64. The molecule has 1 aromatic heterocycles. The molecule has 0 radical (unpaired) electrons. The van der Waals surface area contributed by atoms with Crippen LogP contribution in [0.15, 0.2) is 80.6 Å². The van der Waals surface area contributed by atoms with Crippen molar-refractivity contribution in [1.29, 1.82) is 5.26 Å². The normalized spacial score (nSPS) is 16.1. The van der Waals surface area contributed by atoms with Crippen LogP contribution in [0.3, 0.4) is 0 Å². The van der Waals surface area contributed by atoms with E-state index in [1.54, 1.807) is 18.2 Å².